The summed E-state index contributed by atoms with van der Waals surface area (Å²) in [5.74, 6) is 0. The fourth-order valence-corrected chi connectivity index (χ4v) is 0. The van der Waals surface area contributed by atoms with Gasteiger partial charge in [0, 0.05) is 10.4 Å². The molecule has 0 N–H and O–H groups in total. The summed E-state index contributed by atoms with van der Waals surface area (Å²) in [6.07, 6.45) is 0. The van der Waals surface area contributed by atoms with Crippen molar-refractivity contribution in [2.75, 3.05) is 0 Å². The molecule has 64 valence electrons. The molecule has 0 unspecified atom stereocenters. The van der Waals surface area contributed by atoms with Crippen LogP contribution in [0.1, 0.15) is 0 Å². The van der Waals surface area contributed by atoms with Crippen LogP contribution in [0.15, 0.2) is 0 Å². The van der Waals surface area contributed by atoms with Gasteiger partial charge in [-0.15, -0.1) is 0 Å². The third-order valence-corrected chi connectivity index (χ3v) is 0. The average molecular weight is 311 g/mol. The van der Waals surface area contributed by atoms with E-state index >= 15 is 0 Å². The van der Waals surface area contributed by atoms with E-state index in [1.54, 1.807) is 0 Å². The molecule has 0 spiro atoms. The standard InChI is InChI=1S/3Ca.H3O4P.H2O4S/c;;;2*1-5(2,3)4/h;;;(H3,1,2,3,4);(H2,1,2,3,4)/q3*+2;;/p-5. The van der Waals surface area contributed by atoms with E-state index in [-0.39, 0.29) is 113 Å². The molecule has 0 aromatic heterocycles. The fraction of sp³-hybridized carbons (Fsp3) is 0. The van der Waals surface area contributed by atoms with Crippen LogP contribution in [0.5, 0.6) is 0 Å². The van der Waals surface area contributed by atoms with Crippen molar-refractivity contribution in [3.63, 3.8) is 0 Å². The third kappa shape index (κ3) is 211. The van der Waals surface area contributed by atoms with E-state index in [1.165, 1.54) is 0 Å². The van der Waals surface area contributed by atoms with Gasteiger partial charge < -0.3 is 28.4 Å². The smallest absolute Gasteiger partial charge is 0.822 e. The van der Waals surface area contributed by atoms with E-state index in [0.29, 0.717) is 0 Å². The molecule has 0 aromatic carbocycles. The maximum absolute atomic E-state index is 8.55. The minimum absolute atomic E-state index is 0. The topological polar surface area (TPSA) is 167 Å². The third-order valence-electron chi connectivity index (χ3n) is 0. The normalized spacial score (nSPS) is 9.00. The molecule has 0 heterocycles. The zero-order valence-electron chi connectivity index (χ0n) is 6.24. The predicted octanol–water partition coefficient (Wildman–Crippen LogP) is -5.30. The first-order chi connectivity index (χ1) is 4.00. The second-order valence-corrected chi connectivity index (χ2v) is 2.57. The van der Waals surface area contributed by atoms with Gasteiger partial charge in [0.2, 0.25) is 0 Å². The Labute approximate surface area is 164 Å². The van der Waals surface area contributed by atoms with Crippen LogP contribution in [-0.4, -0.2) is 131 Å². The number of hydrogen-bond donors (Lipinski definition) is 0. The molecule has 0 aliphatic rings. The van der Waals surface area contributed by atoms with Gasteiger partial charge in [0.15, 0.2) is 0 Å². The Morgan fingerprint density at radius 2 is 0.846 bits per heavy atom. The molecule has 0 amide bonds. The molecule has 0 aliphatic heterocycles. The van der Waals surface area contributed by atoms with Crippen molar-refractivity contribution in [3.8, 4) is 0 Å². The number of hydrogen-bond acceptors (Lipinski definition) is 8. The monoisotopic (exact) mass is 311 g/mol. The Hall–Kier alpha value is 3.76. The van der Waals surface area contributed by atoms with Gasteiger partial charge >= 0.3 is 113 Å². The molecular weight excluding hydrogens is 311 g/mol. The van der Waals surface area contributed by atoms with E-state index in [4.69, 9.17) is 36.8 Å². The first kappa shape index (κ1) is 30.1. The molecule has 13 heteroatoms. The average Bonchev–Trinajstić information content (AvgIpc) is 1.12. The molecule has 0 bridgehead atoms. The van der Waals surface area contributed by atoms with Crippen LogP contribution in [0.3, 0.4) is 0 Å². The second-order valence-electron chi connectivity index (χ2n) is 0.855. The van der Waals surface area contributed by atoms with Crippen molar-refractivity contribution in [1.82, 2.24) is 0 Å². The van der Waals surface area contributed by atoms with E-state index < -0.39 is 18.2 Å². The molecule has 0 saturated carbocycles. The van der Waals surface area contributed by atoms with Crippen molar-refractivity contribution >= 4 is 131 Å². The van der Waals surface area contributed by atoms with Crippen molar-refractivity contribution in [2.45, 2.75) is 0 Å². The summed E-state index contributed by atoms with van der Waals surface area (Å²) >= 11 is 0. The molecule has 0 fully saturated rings. The number of phosphoric acid groups is 1. The largest absolute Gasteiger partial charge is 2.00 e. The molecule has 0 saturated heterocycles. The van der Waals surface area contributed by atoms with E-state index in [2.05, 4.69) is 0 Å². The summed E-state index contributed by atoms with van der Waals surface area (Å²) in [7, 11) is -10.6. The molecular formula is Ca3O8PS+. The van der Waals surface area contributed by atoms with Gasteiger partial charge in [-0.3, -0.25) is 8.42 Å². The van der Waals surface area contributed by atoms with Crippen LogP contribution in [0, 0.1) is 0 Å². The van der Waals surface area contributed by atoms with Crippen LogP contribution in [0.25, 0.3) is 0 Å². The van der Waals surface area contributed by atoms with Crippen molar-refractivity contribution in [2.24, 2.45) is 0 Å². The maximum Gasteiger partial charge on any atom is 2.00 e. The summed E-state index contributed by atoms with van der Waals surface area (Å²) < 4.78 is 42.6. The van der Waals surface area contributed by atoms with Crippen LogP contribution >= 0.6 is 7.82 Å². The van der Waals surface area contributed by atoms with Crippen molar-refractivity contribution in [3.05, 3.63) is 0 Å². The first-order valence-corrected chi connectivity index (χ1v) is 4.19. The van der Waals surface area contributed by atoms with Gasteiger partial charge in [0.05, 0.1) is 0 Å². The van der Waals surface area contributed by atoms with Crippen LogP contribution in [0.4, 0.5) is 0 Å². The van der Waals surface area contributed by atoms with Gasteiger partial charge in [0.25, 0.3) is 0 Å². The van der Waals surface area contributed by atoms with E-state index in [9.17, 15) is 0 Å². The Morgan fingerprint density at radius 1 is 0.846 bits per heavy atom. The Bertz CT molecular complexity index is 197. The molecule has 0 rings (SSSR count). The van der Waals surface area contributed by atoms with Crippen LogP contribution in [0.2, 0.25) is 0 Å². The quantitative estimate of drug-likeness (QED) is 0.185. The van der Waals surface area contributed by atoms with Gasteiger partial charge in [-0.05, 0) is 0 Å². The Kier molecular flexibility index (Phi) is 32.0. The SMILES string of the molecule is O=P([O-])([O-])[O-].O=S(=O)([O-])[O-].[Ca+2].[Ca+2].[Ca+2]. The molecule has 0 aliphatic carbocycles. The summed E-state index contributed by atoms with van der Waals surface area (Å²) in [5.41, 5.74) is 0. The minimum Gasteiger partial charge on any atom is -0.822 e. The predicted molar refractivity (Wildman–Crippen MR) is 35.3 cm³/mol. The van der Waals surface area contributed by atoms with Gasteiger partial charge in [-0.25, -0.2) is 0 Å². The summed E-state index contributed by atoms with van der Waals surface area (Å²) in [6, 6.07) is 0. The van der Waals surface area contributed by atoms with Crippen molar-refractivity contribution < 1.29 is 36.8 Å². The zero-order valence-corrected chi connectivity index (χ0v) is 14.6. The molecule has 8 nitrogen and oxygen atoms in total. The Morgan fingerprint density at radius 3 is 0.846 bits per heavy atom. The molecule has 0 radical (unpaired) electrons. The minimum atomic E-state index is -5.39. The fourth-order valence-electron chi connectivity index (χ4n) is 0. The van der Waals surface area contributed by atoms with Crippen LogP contribution in [-0.2, 0) is 15.0 Å². The maximum atomic E-state index is 8.55. The summed E-state index contributed by atoms with van der Waals surface area (Å²) in [4.78, 5) is 25.6. The van der Waals surface area contributed by atoms with Crippen molar-refractivity contribution in [1.29, 1.82) is 0 Å². The van der Waals surface area contributed by atoms with Gasteiger partial charge in [-0.1, -0.05) is 0 Å². The summed E-state index contributed by atoms with van der Waals surface area (Å²) in [5, 5.41) is 0. The van der Waals surface area contributed by atoms with Crippen LogP contribution < -0.4 is 14.7 Å². The van der Waals surface area contributed by atoms with Gasteiger partial charge in [0.1, 0.15) is 0 Å². The second kappa shape index (κ2) is 13.8. The molecule has 13 heavy (non-hydrogen) atoms. The Balaban J connectivity index is -0.0000000267. The zero-order chi connectivity index (χ0) is 9.00. The number of rotatable bonds is 0. The van der Waals surface area contributed by atoms with Gasteiger partial charge in [-0.2, -0.15) is 7.82 Å². The summed E-state index contributed by atoms with van der Waals surface area (Å²) in [6.45, 7) is 0. The molecule has 0 atom stereocenters. The van der Waals surface area contributed by atoms with E-state index in [0.717, 1.165) is 0 Å². The van der Waals surface area contributed by atoms with E-state index in [1.807, 2.05) is 0 Å². The first-order valence-electron chi connectivity index (χ1n) is 1.40. The molecule has 0 aromatic rings.